The molecule has 6 heteroatoms. The van der Waals surface area contributed by atoms with Crippen LogP contribution in [0.1, 0.15) is 5.56 Å². The number of amides is 1. The van der Waals surface area contributed by atoms with Gasteiger partial charge in [0.15, 0.2) is 0 Å². The zero-order valence-corrected chi connectivity index (χ0v) is 8.05. The quantitative estimate of drug-likeness (QED) is 0.733. The first-order valence-corrected chi connectivity index (χ1v) is 4.57. The summed E-state index contributed by atoms with van der Waals surface area (Å²) in [6, 6.07) is 1.91. The maximum atomic E-state index is 11.4. The van der Waals surface area contributed by atoms with E-state index in [-0.39, 0.29) is 12.5 Å². The van der Waals surface area contributed by atoms with Gasteiger partial charge in [-0.25, -0.2) is 4.68 Å². The number of aromatic amines is 1. The molecule has 0 atom stereocenters. The van der Waals surface area contributed by atoms with Crippen LogP contribution in [0.3, 0.4) is 0 Å². The molecule has 78 valence electrons. The molecule has 0 aromatic carbocycles. The molecular weight excluding hydrogens is 194 g/mol. The van der Waals surface area contributed by atoms with E-state index < -0.39 is 0 Å². The fourth-order valence-corrected chi connectivity index (χ4v) is 1.19. The first-order chi connectivity index (χ1) is 7.34. The van der Waals surface area contributed by atoms with E-state index in [2.05, 4.69) is 20.6 Å². The van der Waals surface area contributed by atoms with Crippen LogP contribution in [0.15, 0.2) is 30.9 Å². The molecular formula is C9H11N5O. The van der Waals surface area contributed by atoms with Crippen molar-refractivity contribution in [2.45, 2.75) is 13.1 Å². The molecule has 2 aromatic rings. The maximum Gasteiger partial charge on any atom is 0.242 e. The van der Waals surface area contributed by atoms with Crippen molar-refractivity contribution in [2.24, 2.45) is 0 Å². The number of carbonyl (C=O) groups is 1. The Hall–Kier alpha value is -2.11. The maximum absolute atomic E-state index is 11.4. The first-order valence-electron chi connectivity index (χ1n) is 4.57. The lowest BCUT2D eigenvalue weighted by Crippen LogP contribution is -2.27. The monoisotopic (exact) mass is 205 g/mol. The number of hydrogen-bond acceptors (Lipinski definition) is 3. The molecule has 2 aromatic heterocycles. The van der Waals surface area contributed by atoms with Crippen molar-refractivity contribution in [3.8, 4) is 0 Å². The number of nitrogens with one attached hydrogen (secondary N) is 2. The second-order valence-electron chi connectivity index (χ2n) is 3.10. The Balaban J connectivity index is 1.78. The summed E-state index contributed by atoms with van der Waals surface area (Å²) in [7, 11) is 0. The second-order valence-corrected chi connectivity index (χ2v) is 3.10. The van der Waals surface area contributed by atoms with Gasteiger partial charge < -0.3 is 10.3 Å². The molecule has 2 rings (SSSR count). The number of carbonyl (C=O) groups excluding carboxylic acids is 1. The Morgan fingerprint density at radius 2 is 2.53 bits per heavy atom. The van der Waals surface area contributed by atoms with Crippen molar-refractivity contribution < 1.29 is 4.79 Å². The molecule has 15 heavy (non-hydrogen) atoms. The molecule has 0 bridgehead atoms. The van der Waals surface area contributed by atoms with Crippen LogP contribution in [0.5, 0.6) is 0 Å². The number of rotatable bonds is 4. The van der Waals surface area contributed by atoms with Crippen LogP contribution in [0.25, 0.3) is 0 Å². The zero-order valence-electron chi connectivity index (χ0n) is 8.05. The molecule has 0 fully saturated rings. The van der Waals surface area contributed by atoms with E-state index in [4.69, 9.17) is 0 Å². The summed E-state index contributed by atoms with van der Waals surface area (Å²) in [6.07, 6.45) is 6.85. The van der Waals surface area contributed by atoms with Gasteiger partial charge in [-0.05, 0) is 11.6 Å². The van der Waals surface area contributed by atoms with E-state index in [0.717, 1.165) is 5.56 Å². The molecule has 1 amide bonds. The Kier molecular flexibility index (Phi) is 2.77. The highest BCUT2D eigenvalue weighted by Gasteiger charge is 2.02. The standard InChI is InChI=1S/C9H11N5O/c15-9(7-14-4-3-12-13-14)11-6-8-1-2-10-5-8/h1-5,10H,6-7H2,(H,11,15). The average Bonchev–Trinajstić information content (AvgIpc) is 2.86. The molecule has 0 unspecified atom stereocenters. The van der Waals surface area contributed by atoms with Crippen LogP contribution < -0.4 is 5.32 Å². The van der Waals surface area contributed by atoms with Crippen molar-refractivity contribution >= 4 is 5.91 Å². The Morgan fingerprint density at radius 1 is 1.60 bits per heavy atom. The van der Waals surface area contributed by atoms with Crippen LogP contribution in [-0.2, 0) is 17.9 Å². The first kappa shape index (κ1) is 9.45. The highest BCUT2D eigenvalue weighted by atomic mass is 16.2. The smallest absolute Gasteiger partial charge is 0.242 e. The Labute approximate surface area is 86.3 Å². The van der Waals surface area contributed by atoms with Gasteiger partial charge in [-0.3, -0.25) is 4.79 Å². The van der Waals surface area contributed by atoms with Gasteiger partial charge in [-0.2, -0.15) is 0 Å². The van der Waals surface area contributed by atoms with E-state index in [1.54, 1.807) is 12.4 Å². The number of aromatic nitrogens is 4. The lowest BCUT2D eigenvalue weighted by molar-refractivity contribution is -0.122. The minimum absolute atomic E-state index is 0.0818. The van der Waals surface area contributed by atoms with Crippen molar-refractivity contribution in [3.63, 3.8) is 0 Å². The fourth-order valence-electron chi connectivity index (χ4n) is 1.19. The van der Waals surface area contributed by atoms with Gasteiger partial charge in [0.05, 0.1) is 6.20 Å². The van der Waals surface area contributed by atoms with Gasteiger partial charge >= 0.3 is 0 Å². The summed E-state index contributed by atoms with van der Waals surface area (Å²) in [5.74, 6) is -0.0818. The van der Waals surface area contributed by atoms with Crippen LogP contribution >= 0.6 is 0 Å². The molecule has 0 spiro atoms. The van der Waals surface area contributed by atoms with Crippen molar-refractivity contribution in [3.05, 3.63) is 36.4 Å². The van der Waals surface area contributed by atoms with E-state index in [1.807, 2.05) is 18.5 Å². The molecule has 0 aliphatic heterocycles. The summed E-state index contributed by atoms with van der Waals surface area (Å²) < 4.78 is 1.48. The summed E-state index contributed by atoms with van der Waals surface area (Å²) >= 11 is 0. The highest BCUT2D eigenvalue weighted by Crippen LogP contribution is 1.94. The molecule has 0 radical (unpaired) electrons. The van der Waals surface area contributed by atoms with Gasteiger partial charge in [-0.15, -0.1) is 5.10 Å². The van der Waals surface area contributed by atoms with Gasteiger partial charge in [0.1, 0.15) is 6.54 Å². The van der Waals surface area contributed by atoms with E-state index in [0.29, 0.717) is 6.54 Å². The van der Waals surface area contributed by atoms with Gasteiger partial charge in [0.25, 0.3) is 0 Å². The van der Waals surface area contributed by atoms with Crippen molar-refractivity contribution in [2.75, 3.05) is 0 Å². The second kappa shape index (κ2) is 4.41. The number of H-pyrrole nitrogens is 1. The molecule has 0 saturated carbocycles. The van der Waals surface area contributed by atoms with Crippen LogP contribution in [-0.4, -0.2) is 25.9 Å². The predicted molar refractivity (Wildman–Crippen MR) is 52.7 cm³/mol. The van der Waals surface area contributed by atoms with Crippen LogP contribution in [0.4, 0.5) is 0 Å². The normalized spacial score (nSPS) is 10.1. The minimum atomic E-state index is -0.0818. The van der Waals surface area contributed by atoms with Crippen LogP contribution in [0.2, 0.25) is 0 Å². The molecule has 0 aliphatic rings. The summed E-state index contributed by atoms with van der Waals surface area (Å²) in [4.78, 5) is 14.3. The van der Waals surface area contributed by atoms with E-state index in [9.17, 15) is 4.79 Å². The third kappa shape index (κ3) is 2.67. The van der Waals surface area contributed by atoms with Crippen LogP contribution in [0, 0.1) is 0 Å². The number of hydrogen-bond donors (Lipinski definition) is 2. The molecule has 2 N–H and O–H groups in total. The molecule has 0 saturated heterocycles. The summed E-state index contributed by atoms with van der Waals surface area (Å²) in [6.45, 7) is 0.724. The fraction of sp³-hybridized carbons (Fsp3) is 0.222. The van der Waals surface area contributed by atoms with Gasteiger partial charge in [0.2, 0.25) is 5.91 Å². The van der Waals surface area contributed by atoms with Gasteiger partial charge in [-0.1, -0.05) is 5.21 Å². The molecule has 0 aliphatic carbocycles. The zero-order chi connectivity index (χ0) is 10.5. The lowest BCUT2D eigenvalue weighted by Gasteiger charge is -2.02. The predicted octanol–water partition coefficient (Wildman–Crippen LogP) is -0.0774. The third-order valence-electron chi connectivity index (χ3n) is 1.93. The molecule has 2 heterocycles. The van der Waals surface area contributed by atoms with Crippen molar-refractivity contribution in [1.82, 2.24) is 25.3 Å². The Morgan fingerprint density at radius 3 is 3.20 bits per heavy atom. The summed E-state index contributed by atoms with van der Waals surface area (Å²) in [5.41, 5.74) is 1.04. The topological polar surface area (TPSA) is 75.6 Å². The third-order valence-corrected chi connectivity index (χ3v) is 1.93. The SMILES string of the molecule is O=C(Cn1ccnn1)NCc1cc[nH]c1. The number of nitrogens with zero attached hydrogens (tertiary/aromatic N) is 3. The van der Waals surface area contributed by atoms with E-state index >= 15 is 0 Å². The average molecular weight is 205 g/mol. The Bertz CT molecular complexity index is 406. The van der Waals surface area contributed by atoms with Crippen molar-refractivity contribution in [1.29, 1.82) is 0 Å². The summed E-state index contributed by atoms with van der Waals surface area (Å²) in [5, 5.41) is 10.1. The van der Waals surface area contributed by atoms with Gasteiger partial charge in [0, 0.05) is 25.1 Å². The lowest BCUT2D eigenvalue weighted by atomic mass is 10.3. The minimum Gasteiger partial charge on any atom is -0.367 e. The molecule has 6 nitrogen and oxygen atoms in total. The largest absolute Gasteiger partial charge is 0.367 e. The highest BCUT2D eigenvalue weighted by molar-refractivity contribution is 5.75. The van der Waals surface area contributed by atoms with E-state index in [1.165, 1.54) is 4.68 Å².